The molecule has 0 unspecified atom stereocenters. The van der Waals surface area contributed by atoms with Crippen LogP contribution in [0.5, 0.6) is 5.75 Å². The molecular weight excluding hydrogens is 307 g/mol. The summed E-state index contributed by atoms with van der Waals surface area (Å²) in [5.41, 5.74) is -0.578. The number of halogens is 3. The predicted octanol–water partition coefficient (Wildman–Crippen LogP) is 0.313. The number of fused-ring (bicyclic) bond motifs is 1. The van der Waals surface area contributed by atoms with Crippen LogP contribution in [0.3, 0.4) is 0 Å². The molecule has 108 valence electrons. The van der Waals surface area contributed by atoms with E-state index in [1.54, 1.807) is 25.3 Å². The van der Waals surface area contributed by atoms with Gasteiger partial charge in [0, 0.05) is 20.1 Å². The van der Waals surface area contributed by atoms with E-state index < -0.39 is 12.4 Å². The van der Waals surface area contributed by atoms with Gasteiger partial charge in [0.25, 0.3) is 0 Å². The zero-order valence-electron chi connectivity index (χ0n) is 12.1. The maximum atomic E-state index is 12.7. The van der Waals surface area contributed by atoms with Gasteiger partial charge in [0.2, 0.25) is 0 Å². The number of methoxy groups -OCH3 is 1. The monoisotopic (exact) mass is 322 g/mol. The van der Waals surface area contributed by atoms with E-state index in [4.69, 9.17) is 9.47 Å². The molecule has 0 aliphatic carbocycles. The Morgan fingerprint density at radius 2 is 1.62 bits per heavy atom. The number of hydrogen-bond donors (Lipinski definition) is 0. The molecule has 0 bridgehead atoms. The van der Waals surface area contributed by atoms with E-state index in [1.165, 1.54) is 12.1 Å². The Morgan fingerprint density at radius 3 is 2.29 bits per heavy atom. The van der Waals surface area contributed by atoms with Gasteiger partial charge >= 0.3 is 58.4 Å². The number of ether oxygens (including phenoxy) is 2. The van der Waals surface area contributed by atoms with Crippen molar-refractivity contribution >= 4 is 23.2 Å². The molecule has 2 nitrogen and oxygen atoms in total. The Morgan fingerprint density at radius 1 is 0.952 bits per heavy atom. The second-order valence-electron chi connectivity index (χ2n) is 4.54. The summed E-state index contributed by atoms with van der Waals surface area (Å²) in [6, 6.07) is 8.83. The van der Waals surface area contributed by atoms with E-state index in [9.17, 15) is 12.9 Å². The molecule has 0 radical (unpaired) electrons. The summed E-state index contributed by atoms with van der Waals surface area (Å²) in [7, 11) is 1.62. The first-order valence-electron chi connectivity index (χ1n) is 6.36. The normalized spacial score (nSPS) is 11.2. The number of rotatable bonds is 6. The molecule has 0 aromatic heterocycles. The summed E-state index contributed by atoms with van der Waals surface area (Å²) < 4.78 is 48.4. The summed E-state index contributed by atoms with van der Waals surface area (Å²) in [6.45, 7) is -3.82. The zero-order valence-corrected chi connectivity index (χ0v) is 15.2. The van der Waals surface area contributed by atoms with Crippen LogP contribution in [0, 0.1) is 0 Å². The van der Waals surface area contributed by atoms with Crippen molar-refractivity contribution < 1.29 is 73.8 Å². The molecule has 21 heavy (non-hydrogen) atoms. The summed E-state index contributed by atoms with van der Waals surface area (Å²) in [6.07, 6.45) is 0.768. The van der Waals surface area contributed by atoms with Crippen molar-refractivity contribution in [2.24, 2.45) is 0 Å². The molecule has 7 heteroatoms. The molecule has 2 rings (SSSR count). The fourth-order valence-electron chi connectivity index (χ4n) is 1.93. The number of benzene rings is 2. The van der Waals surface area contributed by atoms with Gasteiger partial charge in [-0.1, -0.05) is 24.3 Å². The number of hydrogen-bond acceptors (Lipinski definition) is 2. The van der Waals surface area contributed by atoms with Crippen LogP contribution < -0.4 is 61.6 Å². The average molecular weight is 322 g/mol. The third-order valence-electron chi connectivity index (χ3n) is 2.98. The van der Waals surface area contributed by atoms with E-state index in [0.29, 0.717) is 24.3 Å². The molecule has 0 N–H and O–H groups in total. The van der Waals surface area contributed by atoms with Crippen LogP contribution in [-0.2, 0) is 4.74 Å². The first-order chi connectivity index (χ1) is 9.50. The Balaban J connectivity index is 0.00000220. The molecule has 0 fully saturated rings. The minimum absolute atomic E-state index is 0. The molecule has 0 saturated carbocycles. The first kappa shape index (κ1) is 19.0. The molecular formula is C14H15BF3KO2. The van der Waals surface area contributed by atoms with Crippen LogP contribution in [0.1, 0.15) is 6.42 Å². The van der Waals surface area contributed by atoms with Crippen LogP contribution in [0.4, 0.5) is 12.9 Å². The molecule has 2 aromatic carbocycles. The third-order valence-corrected chi connectivity index (χ3v) is 2.98. The van der Waals surface area contributed by atoms with Crippen LogP contribution in [0.2, 0.25) is 0 Å². The minimum Gasteiger partial charge on any atom is -0.493 e. The SMILES string of the molecule is COCCCOc1ccc2cc([B-](F)(F)F)ccc2c1.[K+]. The van der Waals surface area contributed by atoms with Crippen LogP contribution >= 0.6 is 0 Å². The zero-order chi connectivity index (χ0) is 14.6. The fraction of sp³-hybridized carbons (Fsp3) is 0.286. The van der Waals surface area contributed by atoms with Gasteiger partial charge in [-0.15, -0.1) is 5.46 Å². The molecule has 0 atom stereocenters. The van der Waals surface area contributed by atoms with Gasteiger partial charge in [-0.05, 0) is 22.9 Å². The summed E-state index contributed by atoms with van der Waals surface area (Å²) in [4.78, 5) is 0. The third kappa shape index (κ3) is 5.58. The Labute approximate surface area is 164 Å². The maximum absolute atomic E-state index is 12.7. The van der Waals surface area contributed by atoms with Crippen LogP contribution in [0.25, 0.3) is 10.8 Å². The second-order valence-corrected chi connectivity index (χ2v) is 4.54. The van der Waals surface area contributed by atoms with Crippen molar-refractivity contribution in [1.29, 1.82) is 0 Å². The van der Waals surface area contributed by atoms with Crippen LogP contribution in [0.15, 0.2) is 36.4 Å². The van der Waals surface area contributed by atoms with E-state index >= 15 is 0 Å². The minimum atomic E-state index is -4.96. The van der Waals surface area contributed by atoms with E-state index in [0.717, 1.165) is 17.9 Å². The van der Waals surface area contributed by atoms with Gasteiger partial charge in [0.05, 0.1) is 6.61 Å². The first-order valence-corrected chi connectivity index (χ1v) is 6.36. The van der Waals surface area contributed by atoms with Gasteiger partial charge in [-0.2, -0.15) is 0 Å². The quantitative estimate of drug-likeness (QED) is 0.563. The van der Waals surface area contributed by atoms with E-state index in [1.807, 2.05) is 0 Å². The van der Waals surface area contributed by atoms with Crippen molar-refractivity contribution in [3.05, 3.63) is 36.4 Å². The van der Waals surface area contributed by atoms with Crippen molar-refractivity contribution in [2.45, 2.75) is 6.42 Å². The molecule has 0 amide bonds. The van der Waals surface area contributed by atoms with Gasteiger partial charge in [-0.25, -0.2) is 0 Å². The summed E-state index contributed by atoms with van der Waals surface area (Å²) in [5.74, 6) is 0.652. The Hall–Kier alpha value is -0.0487. The standard InChI is InChI=1S/C14H15BF3O2.K/c1-19-7-2-8-20-14-6-4-11-9-13(15(16,17)18)5-3-12(11)10-14;/h3-6,9-10H,2,7-8H2,1H3;/q-1;+1. The second kappa shape index (κ2) is 8.55. The van der Waals surface area contributed by atoms with Gasteiger partial charge in [0.1, 0.15) is 5.75 Å². The molecule has 0 heterocycles. The molecule has 0 saturated heterocycles. The predicted molar refractivity (Wildman–Crippen MR) is 74.6 cm³/mol. The van der Waals surface area contributed by atoms with Crippen molar-refractivity contribution in [3.63, 3.8) is 0 Å². The fourth-order valence-corrected chi connectivity index (χ4v) is 1.93. The van der Waals surface area contributed by atoms with E-state index in [2.05, 4.69) is 0 Å². The largest absolute Gasteiger partial charge is 1.00 e. The van der Waals surface area contributed by atoms with Crippen LogP contribution in [-0.4, -0.2) is 27.3 Å². The molecule has 0 aliphatic heterocycles. The van der Waals surface area contributed by atoms with Crippen molar-refractivity contribution in [1.82, 2.24) is 0 Å². The van der Waals surface area contributed by atoms with Gasteiger partial charge in [0.15, 0.2) is 0 Å². The molecule has 0 aliphatic rings. The van der Waals surface area contributed by atoms with E-state index in [-0.39, 0.29) is 51.4 Å². The summed E-state index contributed by atoms with van der Waals surface area (Å²) >= 11 is 0. The smallest absolute Gasteiger partial charge is 0.493 e. The summed E-state index contributed by atoms with van der Waals surface area (Å²) in [5, 5.41) is 1.30. The average Bonchev–Trinajstić information content (AvgIpc) is 2.42. The topological polar surface area (TPSA) is 18.5 Å². The van der Waals surface area contributed by atoms with Gasteiger partial charge < -0.3 is 22.4 Å². The van der Waals surface area contributed by atoms with Crippen molar-refractivity contribution in [3.8, 4) is 5.75 Å². The van der Waals surface area contributed by atoms with Crippen molar-refractivity contribution in [2.75, 3.05) is 20.3 Å². The Kier molecular flexibility index (Phi) is 7.73. The molecule has 2 aromatic rings. The van der Waals surface area contributed by atoms with Gasteiger partial charge in [-0.3, -0.25) is 0 Å². The maximum Gasteiger partial charge on any atom is 1.00 e. The molecule has 0 spiro atoms. The Bertz CT molecular complexity index is 590.